The van der Waals surface area contributed by atoms with Crippen molar-refractivity contribution in [3.05, 3.63) is 12.2 Å². The maximum Gasteiger partial charge on any atom is 0.350 e. The zero-order valence-corrected chi connectivity index (χ0v) is 8.70. The molecule has 0 aromatic heterocycles. The van der Waals surface area contributed by atoms with Gasteiger partial charge in [0.25, 0.3) is 0 Å². The van der Waals surface area contributed by atoms with Crippen LogP contribution >= 0.6 is 7.60 Å². The topological polar surface area (TPSA) is 93.1 Å². The van der Waals surface area contributed by atoms with Crippen molar-refractivity contribution in [3.63, 3.8) is 0 Å². The van der Waals surface area contributed by atoms with E-state index in [-0.39, 0.29) is 18.8 Å². The van der Waals surface area contributed by atoms with E-state index >= 15 is 0 Å². The molecule has 0 amide bonds. The van der Waals surface area contributed by atoms with Crippen molar-refractivity contribution in [2.45, 2.75) is 6.92 Å². The van der Waals surface area contributed by atoms with Gasteiger partial charge in [0.05, 0.1) is 18.8 Å². The summed E-state index contributed by atoms with van der Waals surface area (Å²) in [6.45, 7) is 4.95. The average molecular weight is 224 g/mol. The Morgan fingerprint density at radius 1 is 1.50 bits per heavy atom. The molecule has 0 aliphatic carbocycles. The van der Waals surface area contributed by atoms with Crippen LogP contribution in [-0.4, -0.2) is 35.3 Å². The lowest BCUT2D eigenvalue weighted by Crippen LogP contribution is -2.12. The second-order valence-corrected chi connectivity index (χ2v) is 4.05. The molecule has 82 valence electrons. The smallest absolute Gasteiger partial charge is 0.350 e. The minimum Gasteiger partial charge on any atom is -0.463 e. The zero-order chi connectivity index (χ0) is 11.2. The molecule has 0 heterocycles. The summed E-state index contributed by atoms with van der Waals surface area (Å²) in [6, 6.07) is 0. The van der Waals surface area contributed by atoms with Crippen molar-refractivity contribution < 1.29 is 28.6 Å². The lowest BCUT2D eigenvalue weighted by atomic mass is 10.3. The van der Waals surface area contributed by atoms with E-state index in [2.05, 4.69) is 16.1 Å². The summed E-state index contributed by atoms with van der Waals surface area (Å²) >= 11 is 0. The molecule has 0 aliphatic heterocycles. The van der Waals surface area contributed by atoms with Gasteiger partial charge in [-0.15, -0.1) is 0 Å². The van der Waals surface area contributed by atoms with Gasteiger partial charge in [0, 0.05) is 0 Å². The Balaban J connectivity index is 3.75. The van der Waals surface area contributed by atoms with E-state index in [1.165, 1.54) is 0 Å². The third kappa shape index (κ3) is 6.80. The van der Waals surface area contributed by atoms with Crippen LogP contribution in [0, 0.1) is 0 Å². The minimum atomic E-state index is -4.18. The van der Waals surface area contributed by atoms with Crippen LogP contribution in [0.4, 0.5) is 0 Å². The largest absolute Gasteiger partial charge is 0.463 e. The molecule has 0 aliphatic rings. The van der Waals surface area contributed by atoms with Crippen molar-refractivity contribution >= 4 is 13.6 Å². The summed E-state index contributed by atoms with van der Waals surface area (Å²) in [5.41, 5.74) is 0.0281. The molecular formula is C7H13O6P. The number of hydrogen-bond acceptors (Lipinski definition) is 4. The highest BCUT2D eigenvalue weighted by Crippen LogP contribution is 2.33. The van der Waals surface area contributed by atoms with Crippen LogP contribution in [0.25, 0.3) is 0 Å². The average Bonchev–Trinajstić information content (AvgIpc) is 2.02. The Morgan fingerprint density at radius 2 is 2.07 bits per heavy atom. The molecule has 0 saturated heterocycles. The molecule has 0 rings (SSSR count). The number of rotatable bonds is 6. The highest BCUT2D eigenvalue weighted by atomic mass is 31.2. The Labute approximate surface area is 81.7 Å². The molecule has 14 heavy (non-hydrogen) atoms. The number of carbonyl (C=O) groups excluding carboxylic acids is 1. The van der Waals surface area contributed by atoms with Gasteiger partial charge >= 0.3 is 13.6 Å². The van der Waals surface area contributed by atoms with E-state index < -0.39 is 19.9 Å². The normalized spacial score (nSPS) is 11.1. The number of ether oxygens (including phenoxy) is 2. The molecule has 6 nitrogen and oxygen atoms in total. The Morgan fingerprint density at radius 3 is 2.50 bits per heavy atom. The highest BCUT2D eigenvalue weighted by molar-refractivity contribution is 7.51. The van der Waals surface area contributed by atoms with Crippen LogP contribution in [-0.2, 0) is 18.8 Å². The van der Waals surface area contributed by atoms with E-state index in [0.717, 1.165) is 0 Å². The fraction of sp³-hybridized carbons (Fsp3) is 0.571. The van der Waals surface area contributed by atoms with E-state index in [4.69, 9.17) is 9.79 Å². The molecule has 0 atom stereocenters. The quantitative estimate of drug-likeness (QED) is 0.382. The predicted molar refractivity (Wildman–Crippen MR) is 48.6 cm³/mol. The molecule has 0 unspecified atom stereocenters. The summed E-state index contributed by atoms with van der Waals surface area (Å²) in [4.78, 5) is 27.7. The summed E-state index contributed by atoms with van der Waals surface area (Å²) in [5.74, 6) is -0.627. The van der Waals surface area contributed by atoms with Crippen molar-refractivity contribution in [2.24, 2.45) is 0 Å². The molecule has 0 aromatic carbocycles. The van der Waals surface area contributed by atoms with Gasteiger partial charge in [-0.1, -0.05) is 6.58 Å². The SMILES string of the molecule is C=C(COCP(=O)(O)O)C(=O)OCC. The minimum absolute atomic E-state index is 0.0281. The lowest BCUT2D eigenvalue weighted by molar-refractivity contribution is -0.139. The predicted octanol–water partition coefficient (Wildman–Crippen LogP) is 0.257. The van der Waals surface area contributed by atoms with Gasteiger partial charge in [-0.25, -0.2) is 4.79 Å². The zero-order valence-electron chi connectivity index (χ0n) is 7.80. The Hall–Kier alpha value is -0.680. The number of carbonyl (C=O) groups is 1. The molecule has 0 spiro atoms. The Bertz CT molecular complexity index is 255. The van der Waals surface area contributed by atoms with Gasteiger partial charge in [-0.05, 0) is 6.92 Å². The first-order valence-electron chi connectivity index (χ1n) is 3.84. The summed E-state index contributed by atoms with van der Waals surface area (Å²) < 4.78 is 19.5. The summed E-state index contributed by atoms with van der Waals surface area (Å²) in [5, 5.41) is 0. The van der Waals surface area contributed by atoms with Gasteiger partial charge in [-0.3, -0.25) is 4.57 Å². The van der Waals surface area contributed by atoms with Gasteiger partial charge in [0.15, 0.2) is 0 Å². The maximum atomic E-state index is 10.9. The third-order valence-corrected chi connectivity index (χ3v) is 1.62. The first-order valence-corrected chi connectivity index (χ1v) is 5.63. The van der Waals surface area contributed by atoms with Crippen molar-refractivity contribution in [3.8, 4) is 0 Å². The van der Waals surface area contributed by atoms with Gasteiger partial charge in [0.2, 0.25) is 0 Å². The maximum absolute atomic E-state index is 10.9. The first kappa shape index (κ1) is 13.3. The summed E-state index contributed by atoms with van der Waals surface area (Å²) in [7, 11) is -4.18. The fourth-order valence-electron chi connectivity index (χ4n) is 0.580. The molecule has 0 radical (unpaired) electrons. The van der Waals surface area contributed by atoms with Crippen LogP contribution < -0.4 is 0 Å². The highest BCUT2D eigenvalue weighted by Gasteiger charge is 2.14. The second kappa shape index (κ2) is 5.93. The van der Waals surface area contributed by atoms with Crippen LogP contribution in [0.3, 0.4) is 0 Å². The molecule has 0 fully saturated rings. The lowest BCUT2D eigenvalue weighted by Gasteiger charge is -2.07. The van der Waals surface area contributed by atoms with Gasteiger partial charge in [-0.2, -0.15) is 0 Å². The van der Waals surface area contributed by atoms with Crippen LogP contribution in [0.5, 0.6) is 0 Å². The third-order valence-electron chi connectivity index (χ3n) is 1.10. The number of esters is 1. The molecule has 0 saturated carbocycles. The molecule has 7 heteroatoms. The molecule has 0 bridgehead atoms. The van der Waals surface area contributed by atoms with E-state index in [1.54, 1.807) is 6.92 Å². The molecule has 2 N–H and O–H groups in total. The van der Waals surface area contributed by atoms with Crippen LogP contribution in [0.15, 0.2) is 12.2 Å². The standard InChI is InChI=1S/C7H13O6P/c1-3-13-7(8)6(2)4-12-5-14(9,10)11/h2-5H2,1H3,(H2,9,10,11). The van der Waals surface area contributed by atoms with E-state index in [9.17, 15) is 9.36 Å². The monoisotopic (exact) mass is 224 g/mol. The van der Waals surface area contributed by atoms with E-state index in [1.807, 2.05) is 0 Å². The van der Waals surface area contributed by atoms with Crippen molar-refractivity contribution in [1.29, 1.82) is 0 Å². The number of hydrogen-bond donors (Lipinski definition) is 2. The van der Waals surface area contributed by atoms with Crippen LogP contribution in [0.1, 0.15) is 6.92 Å². The second-order valence-electron chi connectivity index (χ2n) is 2.47. The fourth-order valence-corrected chi connectivity index (χ4v) is 0.909. The van der Waals surface area contributed by atoms with Crippen molar-refractivity contribution in [2.75, 3.05) is 19.6 Å². The summed E-state index contributed by atoms with van der Waals surface area (Å²) in [6.07, 6.45) is -0.731. The Kier molecular flexibility index (Phi) is 5.64. The van der Waals surface area contributed by atoms with Crippen LogP contribution in [0.2, 0.25) is 0 Å². The van der Waals surface area contributed by atoms with Gasteiger partial charge < -0.3 is 19.3 Å². The molecule has 0 aromatic rings. The first-order chi connectivity index (χ1) is 6.37. The van der Waals surface area contributed by atoms with Gasteiger partial charge in [0.1, 0.15) is 6.35 Å². The van der Waals surface area contributed by atoms with E-state index in [0.29, 0.717) is 0 Å². The van der Waals surface area contributed by atoms with Crippen molar-refractivity contribution in [1.82, 2.24) is 0 Å². The molecular weight excluding hydrogens is 211 g/mol.